The second-order valence-electron chi connectivity index (χ2n) is 3.36. The maximum atomic E-state index is 5.56. The predicted octanol–water partition coefficient (Wildman–Crippen LogP) is 0.876. The number of rotatable bonds is 5. The first-order valence-corrected chi connectivity index (χ1v) is 5.75. The molecule has 1 aromatic heterocycles. The number of pyridine rings is 1. The molecule has 0 amide bonds. The Kier molecular flexibility index (Phi) is 5.01. The van der Waals surface area contributed by atoms with Gasteiger partial charge in [0.05, 0.1) is 0 Å². The summed E-state index contributed by atoms with van der Waals surface area (Å²) in [5.74, 6) is 0.967. The smallest absolute Gasteiger partial charge is 0.131 e. The minimum atomic E-state index is 0.608. The number of aromatic nitrogens is 1. The summed E-state index contributed by atoms with van der Waals surface area (Å²) in [7, 11) is 0. The Morgan fingerprint density at radius 1 is 1.33 bits per heavy atom. The van der Waals surface area contributed by atoms with E-state index >= 15 is 0 Å². The van der Waals surface area contributed by atoms with Gasteiger partial charge in [0.25, 0.3) is 0 Å². The van der Waals surface area contributed by atoms with Crippen molar-refractivity contribution >= 4 is 21.7 Å². The van der Waals surface area contributed by atoms with Gasteiger partial charge < -0.3 is 16.4 Å². The van der Waals surface area contributed by atoms with Crippen LogP contribution in [0.1, 0.15) is 5.56 Å². The average Bonchev–Trinajstić information content (AvgIpc) is 2.17. The number of hydrogen-bond donors (Lipinski definition) is 2. The molecule has 4 nitrogen and oxygen atoms in total. The Morgan fingerprint density at radius 2 is 1.93 bits per heavy atom. The van der Waals surface area contributed by atoms with Crippen molar-refractivity contribution in [3.05, 3.63) is 22.3 Å². The van der Waals surface area contributed by atoms with Gasteiger partial charge in [0.15, 0.2) is 0 Å². The van der Waals surface area contributed by atoms with E-state index in [1.165, 1.54) is 0 Å². The number of halogens is 1. The summed E-state index contributed by atoms with van der Waals surface area (Å²) in [4.78, 5) is 6.50. The molecule has 4 N–H and O–H groups in total. The third kappa shape index (κ3) is 3.44. The lowest BCUT2D eigenvalue weighted by atomic mass is 10.2. The molecule has 0 aromatic carbocycles. The summed E-state index contributed by atoms with van der Waals surface area (Å²) in [6, 6.07) is 2.04. The van der Waals surface area contributed by atoms with Gasteiger partial charge in [-0.1, -0.05) is 0 Å². The molecular formula is C10H17BrN4. The molecule has 0 aliphatic heterocycles. The fraction of sp³-hybridized carbons (Fsp3) is 0.500. The van der Waals surface area contributed by atoms with E-state index in [2.05, 4.69) is 25.8 Å². The summed E-state index contributed by atoms with van der Waals surface area (Å²) >= 11 is 3.39. The first kappa shape index (κ1) is 12.4. The van der Waals surface area contributed by atoms with Crippen LogP contribution in [0.4, 0.5) is 5.82 Å². The van der Waals surface area contributed by atoms with Crippen LogP contribution in [-0.4, -0.2) is 31.2 Å². The normalized spacial score (nSPS) is 10.4. The van der Waals surface area contributed by atoms with Crippen molar-refractivity contribution in [3.8, 4) is 0 Å². The number of anilines is 1. The Hall–Kier alpha value is -0.650. The largest absolute Gasteiger partial charge is 0.354 e. The van der Waals surface area contributed by atoms with E-state index in [4.69, 9.17) is 11.5 Å². The molecule has 0 aliphatic carbocycles. The van der Waals surface area contributed by atoms with E-state index < -0.39 is 0 Å². The van der Waals surface area contributed by atoms with Crippen LogP contribution in [0.3, 0.4) is 0 Å². The Balaban J connectivity index is 2.89. The van der Waals surface area contributed by atoms with E-state index in [0.29, 0.717) is 13.1 Å². The Bertz CT molecular complexity index is 310. The second-order valence-corrected chi connectivity index (χ2v) is 4.27. The molecule has 0 atom stereocenters. The van der Waals surface area contributed by atoms with Crippen molar-refractivity contribution < 1.29 is 0 Å². The first-order valence-electron chi connectivity index (χ1n) is 4.96. The maximum Gasteiger partial charge on any atom is 0.131 e. The molecule has 0 fully saturated rings. The molecule has 0 saturated heterocycles. The summed E-state index contributed by atoms with van der Waals surface area (Å²) in [5, 5.41) is 0. The zero-order valence-electron chi connectivity index (χ0n) is 8.91. The molecule has 1 rings (SSSR count). The lowest BCUT2D eigenvalue weighted by Gasteiger charge is -2.23. The van der Waals surface area contributed by atoms with Crippen molar-refractivity contribution in [2.75, 3.05) is 31.1 Å². The van der Waals surface area contributed by atoms with Crippen molar-refractivity contribution in [1.82, 2.24) is 4.98 Å². The molecule has 1 aromatic rings. The van der Waals surface area contributed by atoms with Gasteiger partial charge in [-0.15, -0.1) is 0 Å². The van der Waals surface area contributed by atoms with E-state index in [0.717, 1.165) is 28.9 Å². The van der Waals surface area contributed by atoms with E-state index in [1.54, 1.807) is 6.20 Å². The Morgan fingerprint density at radius 3 is 2.40 bits per heavy atom. The third-order valence-corrected chi connectivity index (χ3v) is 2.55. The van der Waals surface area contributed by atoms with E-state index in [9.17, 15) is 0 Å². The van der Waals surface area contributed by atoms with Crippen LogP contribution in [0.25, 0.3) is 0 Å². The maximum absolute atomic E-state index is 5.56. The van der Waals surface area contributed by atoms with Gasteiger partial charge in [0, 0.05) is 36.8 Å². The van der Waals surface area contributed by atoms with Crippen LogP contribution in [0.15, 0.2) is 16.7 Å². The van der Waals surface area contributed by atoms with E-state index in [1.807, 2.05) is 13.0 Å². The zero-order chi connectivity index (χ0) is 11.3. The lowest BCUT2D eigenvalue weighted by Crippen LogP contribution is -2.34. The highest BCUT2D eigenvalue weighted by Gasteiger charge is 2.09. The predicted molar refractivity (Wildman–Crippen MR) is 67.0 cm³/mol. The van der Waals surface area contributed by atoms with Crippen LogP contribution in [0.5, 0.6) is 0 Å². The number of aryl methyl sites for hydroxylation is 1. The number of hydrogen-bond acceptors (Lipinski definition) is 4. The van der Waals surface area contributed by atoms with Crippen molar-refractivity contribution in [2.45, 2.75) is 6.92 Å². The highest BCUT2D eigenvalue weighted by Crippen LogP contribution is 2.19. The minimum Gasteiger partial charge on any atom is -0.354 e. The monoisotopic (exact) mass is 272 g/mol. The summed E-state index contributed by atoms with van der Waals surface area (Å²) < 4.78 is 0.990. The Labute approximate surface area is 98.8 Å². The summed E-state index contributed by atoms with van der Waals surface area (Å²) in [5.41, 5.74) is 12.2. The van der Waals surface area contributed by atoms with E-state index in [-0.39, 0.29) is 0 Å². The molecule has 0 aliphatic rings. The van der Waals surface area contributed by atoms with Crippen LogP contribution >= 0.6 is 15.9 Å². The van der Waals surface area contributed by atoms with Crippen LogP contribution in [0, 0.1) is 6.92 Å². The molecule has 5 heteroatoms. The molecular weight excluding hydrogens is 256 g/mol. The van der Waals surface area contributed by atoms with Gasteiger partial charge in [-0.05, 0) is 34.5 Å². The summed E-state index contributed by atoms with van der Waals surface area (Å²) in [6.45, 7) is 4.82. The second kappa shape index (κ2) is 6.05. The highest BCUT2D eigenvalue weighted by molar-refractivity contribution is 9.10. The zero-order valence-corrected chi connectivity index (χ0v) is 10.5. The standard InChI is InChI=1S/C10H17BrN4/c1-8-6-9(11)7-14-10(8)15(4-2-12)5-3-13/h6-7H,2-5,12-13H2,1H3. The lowest BCUT2D eigenvalue weighted by molar-refractivity contribution is 0.766. The van der Waals surface area contributed by atoms with Gasteiger partial charge in [0.2, 0.25) is 0 Å². The van der Waals surface area contributed by atoms with Gasteiger partial charge in [0.1, 0.15) is 5.82 Å². The molecule has 0 unspecified atom stereocenters. The van der Waals surface area contributed by atoms with Gasteiger partial charge in [-0.3, -0.25) is 0 Å². The molecule has 15 heavy (non-hydrogen) atoms. The average molecular weight is 273 g/mol. The number of nitrogens with two attached hydrogens (primary N) is 2. The highest BCUT2D eigenvalue weighted by atomic mass is 79.9. The minimum absolute atomic E-state index is 0.608. The van der Waals surface area contributed by atoms with Crippen LogP contribution in [0.2, 0.25) is 0 Å². The van der Waals surface area contributed by atoms with Crippen LogP contribution in [-0.2, 0) is 0 Å². The van der Waals surface area contributed by atoms with Crippen molar-refractivity contribution in [1.29, 1.82) is 0 Å². The third-order valence-electron chi connectivity index (χ3n) is 2.11. The van der Waals surface area contributed by atoms with Gasteiger partial charge in [-0.2, -0.15) is 0 Å². The fourth-order valence-corrected chi connectivity index (χ4v) is 1.95. The van der Waals surface area contributed by atoms with Crippen molar-refractivity contribution in [3.63, 3.8) is 0 Å². The molecule has 0 radical (unpaired) electrons. The molecule has 84 valence electrons. The van der Waals surface area contributed by atoms with Gasteiger partial charge in [-0.25, -0.2) is 4.98 Å². The molecule has 0 spiro atoms. The molecule has 0 saturated carbocycles. The topological polar surface area (TPSA) is 68.2 Å². The fourth-order valence-electron chi connectivity index (χ4n) is 1.50. The quantitative estimate of drug-likeness (QED) is 0.835. The molecule has 1 heterocycles. The SMILES string of the molecule is Cc1cc(Br)cnc1N(CCN)CCN. The first-order chi connectivity index (χ1) is 7.19. The summed E-state index contributed by atoms with van der Waals surface area (Å²) in [6.07, 6.45) is 1.79. The van der Waals surface area contributed by atoms with Gasteiger partial charge >= 0.3 is 0 Å². The van der Waals surface area contributed by atoms with Crippen molar-refractivity contribution in [2.24, 2.45) is 11.5 Å². The molecule has 0 bridgehead atoms. The number of nitrogens with zero attached hydrogens (tertiary/aromatic N) is 2. The van der Waals surface area contributed by atoms with Crippen LogP contribution < -0.4 is 16.4 Å².